The standard InChI is InChI=1S/C20H22O3/c1-15(11-17-3-7-19(13-21)8-4-17)23-16(2)12-18-5-9-20(14-22)10-6-18/h3-10,21-22H,1-2,11-14H2. The predicted octanol–water partition coefficient (Wildman–Crippen LogP) is 3.50. The average molecular weight is 310 g/mol. The molecule has 0 aliphatic carbocycles. The minimum atomic E-state index is 0.0452. The number of hydrogen-bond donors (Lipinski definition) is 2. The van der Waals surface area contributed by atoms with Crippen LogP contribution in [-0.2, 0) is 30.8 Å². The number of ether oxygens (including phenoxy) is 1. The molecule has 2 aromatic carbocycles. The fourth-order valence-corrected chi connectivity index (χ4v) is 2.26. The molecular formula is C20H22O3. The van der Waals surface area contributed by atoms with Gasteiger partial charge in [-0.1, -0.05) is 61.7 Å². The van der Waals surface area contributed by atoms with E-state index in [1.807, 2.05) is 48.5 Å². The summed E-state index contributed by atoms with van der Waals surface area (Å²) in [6.07, 6.45) is 1.21. The van der Waals surface area contributed by atoms with Crippen molar-refractivity contribution in [3.8, 4) is 0 Å². The summed E-state index contributed by atoms with van der Waals surface area (Å²) in [6.45, 7) is 7.96. The second-order valence-electron chi connectivity index (χ2n) is 5.48. The smallest absolute Gasteiger partial charge is 0.101 e. The molecule has 0 spiro atoms. The summed E-state index contributed by atoms with van der Waals surface area (Å²) >= 11 is 0. The van der Waals surface area contributed by atoms with Gasteiger partial charge in [-0.15, -0.1) is 0 Å². The Labute approximate surface area is 137 Å². The predicted molar refractivity (Wildman–Crippen MR) is 91.5 cm³/mol. The van der Waals surface area contributed by atoms with Gasteiger partial charge in [0.2, 0.25) is 0 Å². The summed E-state index contributed by atoms with van der Waals surface area (Å²) in [6, 6.07) is 15.4. The lowest BCUT2D eigenvalue weighted by molar-refractivity contribution is 0.281. The molecule has 2 aromatic rings. The Hall–Kier alpha value is -2.36. The highest BCUT2D eigenvalue weighted by molar-refractivity contribution is 5.26. The highest BCUT2D eigenvalue weighted by Crippen LogP contribution is 2.16. The first kappa shape index (κ1) is 17.0. The van der Waals surface area contributed by atoms with Crippen LogP contribution in [0.5, 0.6) is 0 Å². The van der Waals surface area contributed by atoms with E-state index in [1.165, 1.54) is 0 Å². The van der Waals surface area contributed by atoms with Crippen molar-refractivity contribution < 1.29 is 14.9 Å². The van der Waals surface area contributed by atoms with E-state index in [4.69, 9.17) is 14.9 Å². The molecule has 0 aliphatic rings. The van der Waals surface area contributed by atoms with Crippen LogP contribution < -0.4 is 0 Å². The van der Waals surface area contributed by atoms with E-state index in [9.17, 15) is 0 Å². The molecule has 0 saturated carbocycles. The lowest BCUT2D eigenvalue weighted by atomic mass is 10.1. The molecule has 3 nitrogen and oxygen atoms in total. The molecule has 0 aromatic heterocycles. The van der Waals surface area contributed by atoms with E-state index in [0.717, 1.165) is 22.3 Å². The van der Waals surface area contributed by atoms with Gasteiger partial charge in [0.05, 0.1) is 13.2 Å². The van der Waals surface area contributed by atoms with Crippen LogP contribution in [0, 0.1) is 0 Å². The number of benzene rings is 2. The zero-order chi connectivity index (χ0) is 16.7. The van der Waals surface area contributed by atoms with Gasteiger partial charge in [0.15, 0.2) is 0 Å². The molecule has 120 valence electrons. The van der Waals surface area contributed by atoms with E-state index in [1.54, 1.807) is 0 Å². The maximum Gasteiger partial charge on any atom is 0.101 e. The zero-order valence-corrected chi connectivity index (χ0v) is 13.2. The molecule has 0 aliphatic heterocycles. The second kappa shape index (κ2) is 8.32. The van der Waals surface area contributed by atoms with Crippen molar-refractivity contribution in [2.45, 2.75) is 26.1 Å². The summed E-state index contributed by atoms with van der Waals surface area (Å²) in [7, 11) is 0. The Morgan fingerprint density at radius 2 is 0.957 bits per heavy atom. The molecule has 0 atom stereocenters. The van der Waals surface area contributed by atoms with Crippen molar-refractivity contribution in [3.63, 3.8) is 0 Å². The van der Waals surface area contributed by atoms with Gasteiger partial charge in [-0.2, -0.15) is 0 Å². The third kappa shape index (κ3) is 5.40. The molecule has 2 rings (SSSR count). The highest BCUT2D eigenvalue weighted by atomic mass is 16.5. The molecule has 3 heteroatoms. The van der Waals surface area contributed by atoms with Crippen molar-refractivity contribution >= 4 is 0 Å². The van der Waals surface area contributed by atoms with Crippen LogP contribution in [-0.4, -0.2) is 10.2 Å². The fourth-order valence-electron chi connectivity index (χ4n) is 2.26. The Morgan fingerprint density at radius 1 is 0.652 bits per heavy atom. The van der Waals surface area contributed by atoms with Crippen LogP contribution in [0.15, 0.2) is 73.2 Å². The van der Waals surface area contributed by atoms with Crippen molar-refractivity contribution in [1.29, 1.82) is 0 Å². The van der Waals surface area contributed by atoms with Gasteiger partial charge in [0.25, 0.3) is 0 Å². The molecule has 0 radical (unpaired) electrons. The average Bonchev–Trinajstić information content (AvgIpc) is 2.56. The molecular weight excluding hydrogens is 288 g/mol. The van der Waals surface area contributed by atoms with Crippen LogP contribution in [0.3, 0.4) is 0 Å². The lowest BCUT2D eigenvalue weighted by Crippen LogP contribution is -1.99. The topological polar surface area (TPSA) is 49.7 Å². The maximum absolute atomic E-state index is 9.03. The number of rotatable bonds is 8. The number of aliphatic hydroxyl groups is 2. The monoisotopic (exact) mass is 310 g/mol. The van der Waals surface area contributed by atoms with E-state index in [-0.39, 0.29) is 13.2 Å². The maximum atomic E-state index is 9.03. The number of allylic oxidation sites excluding steroid dienone is 2. The summed E-state index contributed by atoms with van der Waals surface area (Å²) in [4.78, 5) is 0. The molecule has 0 saturated heterocycles. The van der Waals surface area contributed by atoms with Gasteiger partial charge in [0, 0.05) is 12.8 Å². The van der Waals surface area contributed by atoms with Crippen LogP contribution in [0.25, 0.3) is 0 Å². The first-order valence-electron chi connectivity index (χ1n) is 7.51. The molecule has 0 bridgehead atoms. The van der Waals surface area contributed by atoms with Crippen LogP contribution >= 0.6 is 0 Å². The summed E-state index contributed by atoms with van der Waals surface area (Å²) in [5.74, 6) is 1.28. The quantitative estimate of drug-likeness (QED) is 0.734. The number of hydrogen-bond acceptors (Lipinski definition) is 3. The van der Waals surface area contributed by atoms with Gasteiger partial charge in [0.1, 0.15) is 11.5 Å². The first-order valence-corrected chi connectivity index (χ1v) is 7.51. The van der Waals surface area contributed by atoms with Crippen LogP contribution in [0.1, 0.15) is 22.3 Å². The van der Waals surface area contributed by atoms with Gasteiger partial charge < -0.3 is 14.9 Å². The third-order valence-corrected chi connectivity index (χ3v) is 3.50. The lowest BCUT2D eigenvalue weighted by Gasteiger charge is -2.12. The fraction of sp³-hybridized carbons (Fsp3) is 0.200. The van der Waals surface area contributed by atoms with Crippen molar-refractivity contribution in [2.24, 2.45) is 0 Å². The van der Waals surface area contributed by atoms with Crippen molar-refractivity contribution in [1.82, 2.24) is 0 Å². The third-order valence-electron chi connectivity index (χ3n) is 3.50. The van der Waals surface area contributed by atoms with E-state index < -0.39 is 0 Å². The van der Waals surface area contributed by atoms with Crippen LogP contribution in [0.4, 0.5) is 0 Å². The zero-order valence-electron chi connectivity index (χ0n) is 13.2. The first-order chi connectivity index (χ1) is 11.1. The minimum Gasteiger partial charge on any atom is -0.467 e. The molecule has 2 N–H and O–H groups in total. The highest BCUT2D eigenvalue weighted by Gasteiger charge is 2.04. The van der Waals surface area contributed by atoms with Gasteiger partial charge in [-0.05, 0) is 22.3 Å². The minimum absolute atomic E-state index is 0.0452. The Balaban J connectivity index is 1.84. The largest absolute Gasteiger partial charge is 0.467 e. The Kier molecular flexibility index (Phi) is 6.15. The Morgan fingerprint density at radius 3 is 1.26 bits per heavy atom. The Bertz CT molecular complexity index is 595. The van der Waals surface area contributed by atoms with Crippen molar-refractivity contribution in [2.75, 3.05) is 0 Å². The molecule has 23 heavy (non-hydrogen) atoms. The molecule has 0 heterocycles. The molecule has 0 unspecified atom stereocenters. The van der Waals surface area contributed by atoms with Gasteiger partial charge in [-0.3, -0.25) is 0 Å². The SMILES string of the molecule is C=C(Cc1ccc(CO)cc1)OC(=C)Cc1ccc(CO)cc1. The summed E-state index contributed by atoms with van der Waals surface area (Å²) in [5.41, 5.74) is 3.92. The van der Waals surface area contributed by atoms with Crippen molar-refractivity contribution in [3.05, 3.63) is 95.5 Å². The van der Waals surface area contributed by atoms with Gasteiger partial charge in [-0.25, -0.2) is 0 Å². The molecule has 0 fully saturated rings. The normalized spacial score (nSPS) is 10.3. The van der Waals surface area contributed by atoms with Gasteiger partial charge >= 0.3 is 0 Å². The second-order valence-corrected chi connectivity index (χ2v) is 5.48. The summed E-state index contributed by atoms with van der Waals surface area (Å²) < 4.78 is 5.68. The van der Waals surface area contributed by atoms with E-state index in [2.05, 4.69) is 13.2 Å². The number of aliphatic hydroxyl groups excluding tert-OH is 2. The molecule has 0 amide bonds. The van der Waals surface area contributed by atoms with E-state index in [0.29, 0.717) is 24.4 Å². The van der Waals surface area contributed by atoms with Crippen LogP contribution in [0.2, 0.25) is 0 Å². The van der Waals surface area contributed by atoms with E-state index >= 15 is 0 Å². The summed E-state index contributed by atoms with van der Waals surface area (Å²) in [5, 5.41) is 18.1.